The monoisotopic (exact) mass is 139 g/mol. The molecule has 3 atom stereocenters. The Morgan fingerprint density at radius 2 is 2.30 bits per heavy atom. The first-order valence-electron chi connectivity index (χ1n) is 4.05. The Morgan fingerprint density at radius 1 is 1.50 bits per heavy atom. The van der Waals surface area contributed by atoms with Crippen LogP contribution in [0.3, 0.4) is 0 Å². The highest BCUT2D eigenvalue weighted by Crippen LogP contribution is 2.36. The Labute approximate surface area is 61.0 Å². The summed E-state index contributed by atoms with van der Waals surface area (Å²) in [6, 6.07) is 0.530. The van der Waals surface area contributed by atoms with Crippen LogP contribution in [0.1, 0.15) is 26.2 Å². The lowest BCUT2D eigenvalue weighted by molar-refractivity contribution is -0.119. The summed E-state index contributed by atoms with van der Waals surface area (Å²) in [6.45, 7) is 2.27. The van der Waals surface area contributed by atoms with Crippen molar-refractivity contribution in [1.82, 2.24) is 5.32 Å². The van der Waals surface area contributed by atoms with Gasteiger partial charge in [-0.2, -0.15) is 0 Å². The van der Waals surface area contributed by atoms with Crippen molar-refractivity contribution in [2.75, 3.05) is 0 Å². The Morgan fingerprint density at radius 3 is 3.00 bits per heavy atom. The first-order chi connectivity index (χ1) is 4.75. The average Bonchev–Trinajstić information content (AvgIpc) is 2.21. The van der Waals surface area contributed by atoms with Gasteiger partial charge in [-0.3, -0.25) is 4.79 Å². The van der Waals surface area contributed by atoms with Crippen LogP contribution in [0.15, 0.2) is 0 Å². The Balaban J connectivity index is 2.06. The van der Waals surface area contributed by atoms with Crippen molar-refractivity contribution in [3.8, 4) is 0 Å². The van der Waals surface area contributed by atoms with Gasteiger partial charge in [0, 0.05) is 12.5 Å². The van der Waals surface area contributed by atoms with E-state index in [9.17, 15) is 4.79 Å². The van der Waals surface area contributed by atoms with Crippen LogP contribution in [0.25, 0.3) is 0 Å². The molecule has 1 saturated carbocycles. The SMILES string of the molecule is CC1CC2CC(=O)NC2C1. The van der Waals surface area contributed by atoms with Crippen molar-refractivity contribution < 1.29 is 4.79 Å². The molecular weight excluding hydrogens is 126 g/mol. The normalized spacial score (nSPS) is 45.3. The lowest BCUT2D eigenvalue weighted by Crippen LogP contribution is -2.25. The molecule has 2 heteroatoms. The van der Waals surface area contributed by atoms with Crippen LogP contribution in [0, 0.1) is 11.8 Å². The van der Waals surface area contributed by atoms with Gasteiger partial charge in [-0.25, -0.2) is 0 Å². The zero-order valence-electron chi connectivity index (χ0n) is 6.26. The van der Waals surface area contributed by atoms with Gasteiger partial charge in [-0.1, -0.05) is 6.92 Å². The maximum Gasteiger partial charge on any atom is 0.220 e. The lowest BCUT2D eigenvalue weighted by Gasteiger charge is -2.05. The van der Waals surface area contributed by atoms with Gasteiger partial charge in [0.2, 0.25) is 5.91 Å². The number of amides is 1. The highest BCUT2D eigenvalue weighted by Gasteiger charge is 2.38. The van der Waals surface area contributed by atoms with Gasteiger partial charge < -0.3 is 5.32 Å². The van der Waals surface area contributed by atoms with Crippen molar-refractivity contribution in [3.05, 3.63) is 0 Å². The molecule has 1 saturated heterocycles. The van der Waals surface area contributed by atoms with Gasteiger partial charge in [0.1, 0.15) is 0 Å². The molecule has 0 aromatic rings. The van der Waals surface area contributed by atoms with Crippen LogP contribution in [0.2, 0.25) is 0 Å². The molecular formula is C8H13NO. The predicted octanol–water partition coefficient (Wildman–Crippen LogP) is 0.921. The number of carbonyl (C=O) groups excluding carboxylic acids is 1. The van der Waals surface area contributed by atoms with Gasteiger partial charge in [-0.15, -0.1) is 0 Å². The number of rotatable bonds is 0. The molecule has 0 aromatic heterocycles. The van der Waals surface area contributed by atoms with E-state index in [-0.39, 0.29) is 5.91 Å². The van der Waals surface area contributed by atoms with Crippen LogP contribution >= 0.6 is 0 Å². The zero-order chi connectivity index (χ0) is 7.14. The third kappa shape index (κ3) is 0.825. The standard InChI is InChI=1S/C8H13NO/c1-5-2-6-4-8(10)9-7(6)3-5/h5-7H,2-4H2,1H3,(H,9,10). The van der Waals surface area contributed by atoms with Gasteiger partial charge in [-0.05, 0) is 24.7 Å². The van der Waals surface area contributed by atoms with E-state index >= 15 is 0 Å². The third-order valence-corrected chi connectivity index (χ3v) is 2.72. The molecule has 1 aliphatic heterocycles. The molecule has 1 heterocycles. The minimum Gasteiger partial charge on any atom is -0.353 e. The lowest BCUT2D eigenvalue weighted by atomic mass is 10.0. The van der Waals surface area contributed by atoms with E-state index in [1.54, 1.807) is 0 Å². The Hall–Kier alpha value is -0.530. The highest BCUT2D eigenvalue weighted by molar-refractivity contribution is 5.79. The highest BCUT2D eigenvalue weighted by atomic mass is 16.2. The Bertz CT molecular complexity index is 151. The summed E-state index contributed by atoms with van der Waals surface area (Å²) < 4.78 is 0. The molecule has 0 spiro atoms. The van der Waals surface area contributed by atoms with E-state index in [1.807, 2.05) is 0 Å². The zero-order valence-corrected chi connectivity index (χ0v) is 6.26. The number of hydrogen-bond donors (Lipinski definition) is 1. The van der Waals surface area contributed by atoms with Crippen LogP contribution < -0.4 is 5.32 Å². The second-order valence-electron chi connectivity index (χ2n) is 3.71. The van der Waals surface area contributed by atoms with E-state index in [0.717, 1.165) is 12.3 Å². The van der Waals surface area contributed by atoms with E-state index in [0.29, 0.717) is 12.0 Å². The molecule has 2 rings (SSSR count). The van der Waals surface area contributed by atoms with Gasteiger partial charge >= 0.3 is 0 Å². The van der Waals surface area contributed by atoms with Crippen LogP contribution in [-0.2, 0) is 4.79 Å². The first-order valence-corrected chi connectivity index (χ1v) is 4.05. The first kappa shape index (κ1) is 6.20. The van der Waals surface area contributed by atoms with Crippen LogP contribution in [-0.4, -0.2) is 11.9 Å². The fourth-order valence-electron chi connectivity index (χ4n) is 2.31. The molecule has 2 nitrogen and oxygen atoms in total. The van der Waals surface area contributed by atoms with E-state index in [1.165, 1.54) is 12.8 Å². The summed E-state index contributed by atoms with van der Waals surface area (Å²) in [5.41, 5.74) is 0. The predicted molar refractivity (Wildman–Crippen MR) is 38.4 cm³/mol. The quantitative estimate of drug-likeness (QED) is 0.531. The van der Waals surface area contributed by atoms with Crippen LogP contribution in [0.4, 0.5) is 0 Å². The Kier molecular flexibility index (Phi) is 1.22. The number of nitrogens with one attached hydrogen (secondary N) is 1. The van der Waals surface area contributed by atoms with Gasteiger partial charge in [0.05, 0.1) is 0 Å². The molecule has 1 N–H and O–H groups in total. The molecule has 2 aliphatic rings. The second kappa shape index (κ2) is 1.97. The molecule has 0 radical (unpaired) electrons. The number of carbonyl (C=O) groups is 1. The minimum atomic E-state index is 0.266. The minimum absolute atomic E-state index is 0.266. The largest absolute Gasteiger partial charge is 0.353 e. The topological polar surface area (TPSA) is 29.1 Å². The number of hydrogen-bond acceptors (Lipinski definition) is 1. The van der Waals surface area contributed by atoms with Crippen molar-refractivity contribution in [2.24, 2.45) is 11.8 Å². The van der Waals surface area contributed by atoms with E-state index < -0.39 is 0 Å². The van der Waals surface area contributed by atoms with Crippen LogP contribution in [0.5, 0.6) is 0 Å². The second-order valence-corrected chi connectivity index (χ2v) is 3.71. The molecule has 56 valence electrons. The fraction of sp³-hybridized carbons (Fsp3) is 0.875. The molecule has 10 heavy (non-hydrogen) atoms. The van der Waals surface area contributed by atoms with E-state index in [4.69, 9.17) is 0 Å². The average molecular weight is 139 g/mol. The summed E-state index contributed by atoms with van der Waals surface area (Å²) in [5.74, 6) is 1.76. The molecule has 0 aromatic carbocycles. The summed E-state index contributed by atoms with van der Waals surface area (Å²) in [6.07, 6.45) is 3.24. The molecule has 1 amide bonds. The smallest absolute Gasteiger partial charge is 0.220 e. The van der Waals surface area contributed by atoms with Gasteiger partial charge in [0.15, 0.2) is 0 Å². The summed E-state index contributed by atoms with van der Waals surface area (Å²) in [7, 11) is 0. The summed E-state index contributed by atoms with van der Waals surface area (Å²) in [5, 5.41) is 3.01. The van der Waals surface area contributed by atoms with E-state index in [2.05, 4.69) is 12.2 Å². The summed E-state index contributed by atoms with van der Waals surface area (Å²) in [4.78, 5) is 10.9. The molecule has 2 fully saturated rings. The molecule has 0 bridgehead atoms. The van der Waals surface area contributed by atoms with Gasteiger partial charge in [0.25, 0.3) is 0 Å². The van der Waals surface area contributed by atoms with Crippen molar-refractivity contribution >= 4 is 5.91 Å². The molecule has 3 unspecified atom stereocenters. The van der Waals surface area contributed by atoms with Crippen molar-refractivity contribution in [2.45, 2.75) is 32.2 Å². The third-order valence-electron chi connectivity index (χ3n) is 2.72. The fourth-order valence-corrected chi connectivity index (χ4v) is 2.31. The number of fused-ring (bicyclic) bond motifs is 1. The van der Waals surface area contributed by atoms with Crippen molar-refractivity contribution in [3.63, 3.8) is 0 Å². The maximum absolute atomic E-state index is 10.9. The maximum atomic E-state index is 10.9. The molecule has 1 aliphatic carbocycles. The summed E-state index contributed by atoms with van der Waals surface area (Å²) >= 11 is 0. The van der Waals surface area contributed by atoms with Crippen molar-refractivity contribution in [1.29, 1.82) is 0 Å².